The number of β-amino-alcohol motifs (C(OH)–C–C–N with tert-alkyl or cyclic N) is 1. The maximum atomic E-state index is 9.61. The van der Waals surface area contributed by atoms with Gasteiger partial charge in [0.2, 0.25) is 0 Å². The first-order valence-electron chi connectivity index (χ1n) is 5.61. The standard InChI is InChI=1S/C11H19N3O/c1-3-10(15)7-14-5-4-9-6-12-13(2)11(9)8-14/h6,10,15H,3-5,7-8H2,1-2H3/t10-/m0/s1. The van der Waals surface area contributed by atoms with Crippen LogP contribution in [0.4, 0.5) is 0 Å². The van der Waals surface area contributed by atoms with Gasteiger partial charge in [0.15, 0.2) is 0 Å². The van der Waals surface area contributed by atoms with Gasteiger partial charge in [-0.25, -0.2) is 0 Å². The molecule has 0 fully saturated rings. The van der Waals surface area contributed by atoms with E-state index < -0.39 is 0 Å². The van der Waals surface area contributed by atoms with Crippen LogP contribution >= 0.6 is 0 Å². The Bertz CT molecular complexity index is 335. The molecule has 4 nitrogen and oxygen atoms in total. The molecule has 0 saturated carbocycles. The van der Waals surface area contributed by atoms with Crippen molar-refractivity contribution >= 4 is 0 Å². The molecule has 0 aromatic carbocycles. The van der Waals surface area contributed by atoms with E-state index in [0.717, 1.165) is 32.5 Å². The second-order valence-electron chi connectivity index (χ2n) is 4.29. The third kappa shape index (κ3) is 2.21. The van der Waals surface area contributed by atoms with Crippen LogP contribution in [-0.4, -0.2) is 39.0 Å². The first-order chi connectivity index (χ1) is 7.20. The normalized spacial score (nSPS) is 18.9. The fourth-order valence-corrected chi connectivity index (χ4v) is 2.07. The lowest BCUT2D eigenvalue weighted by molar-refractivity contribution is 0.101. The number of hydrogen-bond acceptors (Lipinski definition) is 3. The van der Waals surface area contributed by atoms with Crippen LogP contribution in [0.25, 0.3) is 0 Å². The molecule has 0 radical (unpaired) electrons. The number of rotatable bonds is 3. The highest BCUT2D eigenvalue weighted by Gasteiger charge is 2.20. The van der Waals surface area contributed by atoms with Crippen molar-refractivity contribution in [2.24, 2.45) is 7.05 Å². The largest absolute Gasteiger partial charge is 0.392 e. The van der Waals surface area contributed by atoms with E-state index in [2.05, 4.69) is 10.00 Å². The highest BCUT2D eigenvalue weighted by molar-refractivity contribution is 5.20. The van der Waals surface area contributed by atoms with E-state index in [1.54, 1.807) is 0 Å². The fraction of sp³-hybridized carbons (Fsp3) is 0.727. The van der Waals surface area contributed by atoms with Crippen LogP contribution in [0.5, 0.6) is 0 Å². The molecular weight excluding hydrogens is 190 g/mol. The molecule has 0 saturated heterocycles. The molecule has 1 aliphatic heterocycles. The van der Waals surface area contributed by atoms with Gasteiger partial charge in [-0.3, -0.25) is 9.58 Å². The lowest BCUT2D eigenvalue weighted by Crippen LogP contribution is -2.36. The summed E-state index contributed by atoms with van der Waals surface area (Å²) < 4.78 is 1.94. The molecule has 0 spiro atoms. The first-order valence-corrected chi connectivity index (χ1v) is 5.61. The van der Waals surface area contributed by atoms with Crippen LogP contribution in [0.15, 0.2) is 6.20 Å². The van der Waals surface area contributed by atoms with Gasteiger partial charge in [0.05, 0.1) is 18.0 Å². The highest BCUT2D eigenvalue weighted by atomic mass is 16.3. The van der Waals surface area contributed by atoms with Crippen LogP contribution in [0, 0.1) is 0 Å². The third-order valence-electron chi connectivity index (χ3n) is 3.16. The van der Waals surface area contributed by atoms with Crippen LogP contribution in [-0.2, 0) is 20.0 Å². The molecule has 15 heavy (non-hydrogen) atoms. The van der Waals surface area contributed by atoms with Gasteiger partial charge in [-0.05, 0) is 18.4 Å². The number of aryl methyl sites for hydroxylation is 1. The molecule has 1 N–H and O–H groups in total. The van der Waals surface area contributed by atoms with Crippen molar-refractivity contribution in [2.45, 2.75) is 32.4 Å². The van der Waals surface area contributed by atoms with Crippen molar-refractivity contribution in [2.75, 3.05) is 13.1 Å². The van der Waals surface area contributed by atoms with Crippen molar-refractivity contribution in [1.29, 1.82) is 0 Å². The van der Waals surface area contributed by atoms with Crippen molar-refractivity contribution < 1.29 is 5.11 Å². The zero-order chi connectivity index (χ0) is 10.8. The summed E-state index contributed by atoms with van der Waals surface area (Å²) in [6.07, 6.45) is 3.65. The monoisotopic (exact) mass is 209 g/mol. The van der Waals surface area contributed by atoms with Gasteiger partial charge in [0.25, 0.3) is 0 Å². The maximum Gasteiger partial charge on any atom is 0.0664 e. The van der Waals surface area contributed by atoms with Gasteiger partial charge in [-0.2, -0.15) is 5.10 Å². The van der Waals surface area contributed by atoms with Crippen LogP contribution in [0.3, 0.4) is 0 Å². The third-order valence-corrected chi connectivity index (χ3v) is 3.16. The van der Waals surface area contributed by atoms with Gasteiger partial charge < -0.3 is 5.11 Å². The summed E-state index contributed by atoms with van der Waals surface area (Å²) >= 11 is 0. The lowest BCUT2D eigenvalue weighted by atomic mass is 10.1. The van der Waals surface area contributed by atoms with E-state index in [-0.39, 0.29) is 6.10 Å². The maximum absolute atomic E-state index is 9.61. The van der Waals surface area contributed by atoms with Crippen molar-refractivity contribution in [3.05, 3.63) is 17.5 Å². The Morgan fingerprint density at radius 3 is 3.13 bits per heavy atom. The zero-order valence-electron chi connectivity index (χ0n) is 9.48. The van der Waals surface area contributed by atoms with Gasteiger partial charge >= 0.3 is 0 Å². The molecule has 1 aromatic heterocycles. The van der Waals surface area contributed by atoms with E-state index in [1.165, 1.54) is 11.3 Å². The zero-order valence-corrected chi connectivity index (χ0v) is 9.48. The van der Waals surface area contributed by atoms with Crippen molar-refractivity contribution in [3.8, 4) is 0 Å². The van der Waals surface area contributed by atoms with Crippen LogP contribution < -0.4 is 0 Å². The minimum absolute atomic E-state index is 0.195. The van der Waals surface area contributed by atoms with Crippen molar-refractivity contribution in [1.82, 2.24) is 14.7 Å². The summed E-state index contributed by atoms with van der Waals surface area (Å²) in [5, 5.41) is 13.9. The Hall–Kier alpha value is -0.870. The van der Waals surface area contributed by atoms with Crippen molar-refractivity contribution in [3.63, 3.8) is 0 Å². The average Bonchev–Trinajstić information content (AvgIpc) is 2.60. The van der Waals surface area contributed by atoms with E-state index in [4.69, 9.17) is 0 Å². The second-order valence-corrected chi connectivity index (χ2v) is 4.29. The van der Waals surface area contributed by atoms with Crippen LogP contribution in [0.2, 0.25) is 0 Å². The number of hydrogen-bond donors (Lipinski definition) is 1. The Morgan fingerprint density at radius 2 is 2.40 bits per heavy atom. The molecule has 1 aromatic rings. The van der Waals surface area contributed by atoms with Gasteiger partial charge in [-0.1, -0.05) is 6.92 Å². The highest BCUT2D eigenvalue weighted by Crippen LogP contribution is 2.17. The molecule has 2 heterocycles. The Kier molecular flexibility index (Phi) is 3.07. The number of aromatic nitrogens is 2. The molecule has 1 atom stereocenters. The van der Waals surface area contributed by atoms with Gasteiger partial charge in [0, 0.05) is 26.7 Å². The van der Waals surface area contributed by atoms with E-state index in [1.807, 2.05) is 24.9 Å². The topological polar surface area (TPSA) is 41.3 Å². The van der Waals surface area contributed by atoms with E-state index in [0.29, 0.717) is 0 Å². The summed E-state index contributed by atoms with van der Waals surface area (Å²) in [5.74, 6) is 0. The summed E-state index contributed by atoms with van der Waals surface area (Å²) in [4.78, 5) is 2.30. The Balaban J connectivity index is 2.01. The predicted octanol–water partition coefficient (Wildman–Crippen LogP) is 0.549. The Morgan fingerprint density at radius 1 is 1.60 bits per heavy atom. The average molecular weight is 209 g/mol. The molecular formula is C11H19N3O. The molecule has 4 heteroatoms. The SMILES string of the molecule is CC[C@H](O)CN1CCc2cnn(C)c2C1. The molecule has 1 aliphatic rings. The predicted molar refractivity (Wildman–Crippen MR) is 58.5 cm³/mol. The molecule has 0 amide bonds. The molecule has 0 unspecified atom stereocenters. The summed E-state index contributed by atoms with van der Waals surface area (Å²) in [5.41, 5.74) is 2.66. The quantitative estimate of drug-likeness (QED) is 0.790. The lowest BCUT2D eigenvalue weighted by Gasteiger charge is -2.28. The molecule has 0 aliphatic carbocycles. The van der Waals surface area contributed by atoms with Gasteiger partial charge in [0.1, 0.15) is 0 Å². The molecule has 84 valence electrons. The number of aliphatic hydroxyl groups is 1. The minimum atomic E-state index is -0.195. The summed E-state index contributed by atoms with van der Waals surface area (Å²) in [7, 11) is 1.98. The number of fused-ring (bicyclic) bond motifs is 1. The van der Waals surface area contributed by atoms with Gasteiger partial charge in [-0.15, -0.1) is 0 Å². The van der Waals surface area contributed by atoms with Crippen LogP contribution in [0.1, 0.15) is 24.6 Å². The Labute approximate surface area is 90.5 Å². The number of aliphatic hydroxyl groups excluding tert-OH is 1. The molecule has 0 bridgehead atoms. The minimum Gasteiger partial charge on any atom is -0.392 e. The number of nitrogens with zero attached hydrogens (tertiary/aromatic N) is 3. The second kappa shape index (κ2) is 4.33. The fourth-order valence-electron chi connectivity index (χ4n) is 2.07. The summed E-state index contributed by atoms with van der Waals surface area (Å²) in [6.45, 7) is 4.75. The summed E-state index contributed by atoms with van der Waals surface area (Å²) in [6, 6.07) is 0. The molecule has 2 rings (SSSR count). The van der Waals surface area contributed by atoms with E-state index in [9.17, 15) is 5.11 Å². The smallest absolute Gasteiger partial charge is 0.0664 e. The first kappa shape index (κ1) is 10.6. The van der Waals surface area contributed by atoms with E-state index >= 15 is 0 Å².